The molecule has 0 fully saturated rings. The average Bonchev–Trinajstić information content (AvgIpc) is 3.14. The second kappa shape index (κ2) is 8.11. The molecule has 0 bridgehead atoms. The Morgan fingerprint density at radius 3 is 2.38 bits per heavy atom. The zero-order valence-electron chi connectivity index (χ0n) is 14.5. The molecule has 3 rings (SSSR count). The van der Waals surface area contributed by atoms with E-state index < -0.39 is 0 Å². The number of nitrogens with one attached hydrogen (secondary N) is 2. The van der Waals surface area contributed by atoms with Gasteiger partial charge in [-0.15, -0.1) is 0 Å². The van der Waals surface area contributed by atoms with Crippen LogP contribution in [0.15, 0.2) is 67.0 Å². The topological polar surface area (TPSA) is 76.0 Å². The molecule has 0 saturated carbocycles. The van der Waals surface area contributed by atoms with E-state index in [1.165, 1.54) is 6.92 Å². The number of aromatic nitrogens is 2. The summed E-state index contributed by atoms with van der Waals surface area (Å²) in [5.74, 6) is -0.00482. The fourth-order valence-corrected chi connectivity index (χ4v) is 2.59. The van der Waals surface area contributed by atoms with E-state index in [9.17, 15) is 9.59 Å². The van der Waals surface area contributed by atoms with Crippen LogP contribution in [0, 0.1) is 0 Å². The molecule has 0 unspecified atom stereocenters. The third kappa shape index (κ3) is 4.57. The summed E-state index contributed by atoms with van der Waals surface area (Å²) in [5.41, 5.74) is 3.38. The number of carbonyl (C=O) groups excluding carboxylic acids is 2. The molecule has 132 valence electrons. The lowest BCUT2D eigenvalue weighted by molar-refractivity contribution is 0.101. The standard InChI is InChI=1S/C20H20N4O2/c1-15(25)16-7-9-19(10-8-16)23-20(26)21-13-17-5-2-3-6-18(17)14-24-12-4-11-22-24/h2-12H,13-14H2,1H3,(H2,21,23,26). The van der Waals surface area contributed by atoms with Gasteiger partial charge in [-0.25, -0.2) is 4.79 Å². The summed E-state index contributed by atoms with van der Waals surface area (Å²) in [4.78, 5) is 23.4. The maximum absolute atomic E-state index is 12.1. The van der Waals surface area contributed by atoms with Crippen LogP contribution in [0.3, 0.4) is 0 Å². The smallest absolute Gasteiger partial charge is 0.319 e. The lowest BCUT2D eigenvalue weighted by Crippen LogP contribution is -2.28. The average molecular weight is 348 g/mol. The Kier molecular flexibility index (Phi) is 5.43. The molecule has 0 saturated heterocycles. The van der Waals surface area contributed by atoms with Gasteiger partial charge >= 0.3 is 6.03 Å². The van der Waals surface area contributed by atoms with E-state index in [4.69, 9.17) is 0 Å². The summed E-state index contributed by atoms with van der Waals surface area (Å²) in [6.07, 6.45) is 3.65. The Morgan fingerprint density at radius 1 is 1.00 bits per heavy atom. The van der Waals surface area contributed by atoms with Crippen LogP contribution in [0.2, 0.25) is 0 Å². The Bertz CT molecular complexity index is 886. The van der Waals surface area contributed by atoms with Gasteiger partial charge in [-0.2, -0.15) is 5.10 Å². The molecule has 0 aliphatic rings. The quantitative estimate of drug-likeness (QED) is 0.670. The van der Waals surface area contributed by atoms with Crippen molar-refractivity contribution >= 4 is 17.5 Å². The molecule has 1 heterocycles. The number of anilines is 1. The van der Waals surface area contributed by atoms with Crippen molar-refractivity contribution in [2.24, 2.45) is 0 Å². The number of Topliss-reactive ketones (excluding diaryl/α,β-unsaturated/α-hetero) is 1. The van der Waals surface area contributed by atoms with Gasteiger partial charge in [0.05, 0.1) is 6.54 Å². The molecule has 0 aliphatic carbocycles. The van der Waals surface area contributed by atoms with E-state index in [1.54, 1.807) is 30.5 Å². The van der Waals surface area contributed by atoms with Gasteiger partial charge in [-0.1, -0.05) is 24.3 Å². The molecule has 26 heavy (non-hydrogen) atoms. The number of hydrogen-bond acceptors (Lipinski definition) is 3. The number of benzene rings is 2. The van der Waals surface area contributed by atoms with Crippen molar-refractivity contribution in [3.05, 3.63) is 83.7 Å². The van der Waals surface area contributed by atoms with Crippen molar-refractivity contribution in [3.63, 3.8) is 0 Å². The lowest BCUT2D eigenvalue weighted by atomic mass is 10.1. The van der Waals surface area contributed by atoms with Crippen molar-refractivity contribution in [2.45, 2.75) is 20.0 Å². The highest BCUT2D eigenvalue weighted by molar-refractivity contribution is 5.95. The summed E-state index contributed by atoms with van der Waals surface area (Å²) in [7, 11) is 0. The lowest BCUT2D eigenvalue weighted by Gasteiger charge is -2.12. The largest absolute Gasteiger partial charge is 0.334 e. The third-order valence-corrected chi connectivity index (χ3v) is 4.00. The van der Waals surface area contributed by atoms with Gasteiger partial charge in [0, 0.05) is 30.2 Å². The van der Waals surface area contributed by atoms with Gasteiger partial charge in [0.1, 0.15) is 0 Å². The van der Waals surface area contributed by atoms with Crippen LogP contribution in [0.1, 0.15) is 28.4 Å². The number of ketones is 1. The summed E-state index contributed by atoms with van der Waals surface area (Å²) in [6, 6.07) is 16.3. The Balaban J connectivity index is 1.58. The number of nitrogens with zero attached hydrogens (tertiary/aromatic N) is 2. The molecule has 6 nitrogen and oxygen atoms in total. The SMILES string of the molecule is CC(=O)c1ccc(NC(=O)NCc2ccccc2Cn2cccn2)cc1. The maximum atomic E-state index is 12.1. The van der Waals surface area contributed by atoms with Crippen LogP contribution in [0.5, 0.6) is 0 Å². The van der Waals surface area contributed by atoms with Gasteiger partial charge in [0.15, 0.2) is 5.78 Å². The highest BCUT2D eigenvalue weighted by Crippen LogP contribution is 2.12. The minimum atomic E-state index is -0.297. The summed E-state index contributed by atoms with van der Waals surface area (Å²) in [5, 5.41) is 9.84. The molecule has 3 aromatic rings. The van der Waals surface area contributed by atoms with E-state index in [-0.39, 0.29) is 11.8 Å². The molecular weight excluding hydrogens is 328 g/mol. The van der Waals surface area contributed by atoms with Gasteiger partial charge in [0.2, 0.25) is 0 Å². The van der Waals surface area contributed by atoms with Crippen molar-refractivity contribution in [2.75, 3.05) is 5.32 Å². The van der Waals surface area contributed by atoms with Crippen molar-refractivity contribution in [1.29, 1.82) is 0 Å². The number of hydrogen-bond donors (Lipinski definition) is 2. The molecule has 0 aliphatic heterocycles. The fourth-order valence-electron chi connectivity index (χ4n) is 2.59. The predicted octanol–water partition coefficient (Wildman–Crippen LogP) is 3.46. The van der Waals surface area contributed by atoms with E-state index in [2.05, 4.69) is 15.7 Å². The van der Waals surface area contributed by atoms with Gasteiger partial charge in [-0.3, -0.25) is 9.48 Å². The van der Waals surface area contributed by atoms with Crippen molar-refractivity contribution in [3.8, 4) is 0 Å². The third-order valence-electron chi connectivity index (χ3n) is 4.00. The van der Waals surface area contributed by atoms with Crippen LogP contribution >= 0.6 is 0 Å². The first-order valence-electron chi connectivity index (χ1n) is 8.32. The van der Waals surface area contributed by atoms with Crippen molar-refractivity contribution in [1.82, 2.24) is 15.1 Å². The van der Waals surface area contributed by atoms with Crippen LogP contribution in [0.4, 0.5) is 10.5 Å². The van der Waals surface area contributed by atoms with Crippen LogP contribution < -0.4 is 10.6 Å². The Labute approximate surface area is 151 Å². The zero-order chi connectivity index (χ0) is 18.4. The normalized spacial score (nSPS) is 10.3. The molecule has 6 heteroatoms. The molecule has 2 amide bonds. The predicted molar refractivity (Wildman–Crippen MR) is 100 cm³/mol. The minimum absolute atomic E-state index is 0.00482. The monoisotopic (exact) mass is 348 g/mol. The maximum Gasteiger partial charge on any atom is 0.319 e. The number of rotatable bonds is 6. The summed E-state index contributed by atoms with van der Waals surface area (Å²) >= 11 is 0. The first kappa shape index (κ1) is 17.4. The molecule has 0 spiro atoms. The molecular formula is C20H20N4O2. The summed E-state index contributed by atoms with van der Waals surface area (Å²) < 4.78 is 1.84. The Morgan fingerprint density at radius 2 is 1.73 bits per heavy atom. The van der Waals surface area contributed by atoms with Crippen LogP contribution in [0.25, 0.3) is 0 Å². The van der Waals surface area contributed by atoms with Crippen LogP contribution in [-0.2, 0) is 13.1 Å². The van der Waals surface area contributed by atoms with E-state index in [0.29, 0.717) is 24.3 Å². The highest BCUT2D eigenvalue weighted by atomic mass is 16.2. The highest BCUT2D eigenvalue weighted by Gasteiger charge is 2.06. The van der Waals surface area contributed by atoms with Gasteiger partial charge in [0.25, 0.3) is 0 Å². The van der Waals surface area contributed by atoms with E-state index in [1.807, 2.05) is 41.2 Å². The van der Waals surface area contributed by atoms with Gasteiger partial charge in [-0.05, 0) is 48.4 Å². The molecule has 0 atom stereocenters. The van der Waals surface area contributed by atoms with Crippen LogP contribution in [-0.4, -0.2) is 21.6 Å². The molecule has 0 radical (unpaired) electrons. The number of amides is 2. The van der Waals surface area contributed by atoms with E-state index in [0.717, 1.165) is 11.1 Å². The number of urea groups is 1. The number of carbonyl (C=O) groups is 2. The zero-order valence-corrected chi connectivity index (χ0v) is 14.5. The molecule has 1 aromatic heterocycles. The molecule has 2 aromatic carbocycles. The fraction of sp³-hybridized carbons (Fsp3) is 0.150. The van der Waals surface area contributed by atoms with E-state index >= 15 is 0 Å². The van der Waals surface area contributed by atoms with Crippen molar-refractivity contribution < 1.29 is 9.59 Å². The molecule has 2 N–H and O–H groups in total. The first-order chi connectivity index (χ1) is 12.6. The summed E-state index contributed by atoms with van der Waals surface area (Å²) in [6.45, 7) is 2.57. The first-order valence-corrected chi connectivity index (χ1v) is 8.32. The Hall–Kier alpha value is -3.41. The second-order valence-electron chi connectivity index (χ2n) is 5.91. The minimum Gasteiger partial charge on any atom is -0.334 e. The second-order valence-corrected chi connectivity index (χ2v) is 5.91. The van der Waals surface area contributed by atoms with Gasteiger partial charge < -0.3 is 10.6 Å².